The molecule has 0 spiro atoms. The van der Waals surface area contributed by atoms with Crippen LogP contribution in [-0.2, 0) is 6.42 Å². The highest BCUT2D eigenvalue weighted by Gasteiger charge is 2.15. The average Bonchev–Trinajstić information content (AvgIpc) is 2.97. The quantitative estimate of drug-likeness (QED) is 0.843. The van der Waals surface area contributed by atoms with E-state index in [0.717, 1.165) is 5.01 Å². The molecule has 3 N–H and O–H groups in total. The maximum atomic E-state index is 12.2. The van der Waals surface area contributed by atoms with E-state index in [1.165, 1.54) is 25.6 Å². The van der Waals surface area contributed by atoms with Crippen LogP contribution in [0.5, 0.6) is 11.5 Å². The number of benzene rings is 1. The largest absolute Gasteiger partial charge is 0.495 e. The van der Waals surface area contributed by atoms with E-state index in [1.807, 2.05) is 0 Å². The molecule has 0 saturated heterocycles. The summed E-state index contributed by atoms with van der Waals surface area (Å²) in [4.78, 5) is 16.5. The zero-order valence-electron chi connectivity index (χ0n) is 12.2. The van der Waals surface area contributed by atoms with Crippen LogP contribution >= 0.6 is 22.9 Å². The van der Waals surface area contributed by atoms with Crippen molar-refractivity contribution in [2.45, 2.75) is 6.42 Å². The first-order valence-electron chi connectivity index (χ1n) is 6.46. The number of thiazole rings is 1. The predicted octanol–water partition coefficient (Wildman–Crippen LogP) is 2.57. The molecule has 0 aliphatic carbocycles. The molecule has 0 aliphatic heterocycles. The van der Waals surface area contributed by atoms with E-state index in [4.69, 9.17) is 26.8 Å². The molecule has 0 fully saturated rings. The lowest BCUT2D eigenvalue weighted by Gasteiger charge is -2.12. The van der Waals surface area contributed by atoms with Crippen LogP contribution in [0.1, 0.15) is 15.5 Å². The summed E-state index contributed by atoms with van der Waals surface area (Å²) < 4.78 is 10.4. The molecule has 2 rings (SSSR count). The number of amides is 1. The third-order valence-electron chi connectivity index (χ3n) is 2.86. The van der Waals surface area contributed by atoms with E-state index < -0.39 is 0 Å². The molecule has 2 aromatic rings. The number of hydrogen-bond donors (Lipinski definition) is 2. The van der Waals surface area contributed by atoms with Gasteiger partial charge in [0.1, 0.15) is 17.2 Å². The first kappa shape index (κ1) is 16.5. The zero-order valence-corrected chi connectivity index (χ0v) is 13.8. The van der Waals surface area contributed by atoms with Crippen LogP contribution in [0.25, 0.3) is 0 Å². The number of hydrogen-bond acceptors (Lipinski definition) is 6. The number of halogens is 1. The van der Waals surface area contributed by atoms with Gasteiger partial charge in [0, 0.05) is 17.9 Å². The second-order valence-electron chi connectivity index (χ2n) is 4.31. The number of nitrogens with two attached hydrogens (primary N) is 1. The molecule has 8 heteroatoms. The summed E-state index contributed by atoms with van der Waals surface area (Å²) >= 11 is 7.48. The first-order chi connectivity index (χ1) is 10.6. The van der Waals surface area contributed by atoms with Gasteiger partial charge in [-0.2, -0.15) is 0 Å². The molecule has 1 heterocycles. The van der Waals surface area contributed by atoms with Gasteiger partial charge in [0.15, 0.2) is 0 Å². The topological polar surface area (TPSA) is 86.5 Å². The van der Waals surface area contributed by atoms with Gasteiger partial charge < -0.3 is 20.5 Å². The van der Waals surface area contributed by atoms with Crippen molar-refractivity contribution < 1.29 is 14.3 Å². The Hall–Kier alpha value is -1.83. The number of carbonyl (C=O) groups is 1. The van der Waals surface area contributed by atoms with Gasteiger partial charge in [-0.25, -0.2) is 4.98 Å². The van der Waals surface area contributed by atoms with Crippen molar-refractivity contribution in [2.24, 2.45) is 5.73 Å². The Balaban J connectivity index is 2.21. The molecule has 1 aromatic heterocycles. The van der Waals surface area contributed by atoms with Crippen molar-refractivity contribution in [3.05, 3.63) is 33.2 Å². The fourth-order valence-corrected chi connectivity index (χ4v) is 2.83. The van der Waals surface area contributed by atoms with Gasteiger partial charge in [-0.15, -0.1) is 11.3 Å². The van der Waals surface area contributed by atoms with Crippen LogP contribution in [-0.4, -0.2) is 31.7 Å². The average molecular weight is 342 g/mol. The minimum atomic E-state index is -0.334. The molecular weight excluding hydrogens is 326 g/mol. The van der Waals surface area contributed by atoms with Crippen molar-refractivity contribution >= 4 is 34.5 Å². The highest BCUT2D eigenvalue weighted by atomic mass is 35.5. The fraction of sp³-hybridized carbons (Fsp3) is 0.286. The summed E-state index contributed by atoms with van der Waals surface area (Å²) in [5.74, 6) is 0.585. The van der Waals surface area contributed by atoms with Gasteiger partial charge in [-0.05, 0) is 12.6 Å². The SMILES string of the molecule is COc1cc(OC)c(NC(=O)c2csc(CCN)n2)cc1Cl. The van der Waals surface area contributed by atoms with Gasteiger partial charge in [-0.3, -0.25) is 4.79 Å². The maximum Gasteiger partial charge on any atom is 0.275 e. The van der Waals surface area contributed by atoms with Crippen LogP contribution in [0.3, 0.4) is 0 Å². The number of ether oxygens (including phenoxy) is 2. The summed E-state index contributed by atoms with van der Waals surface area (Å²) in [5.41, 5.74) is 6.26. The Morgan fingerprint density at radius 3 is 2.73 bits per heavy atom. The second-order valence-corrected chi connectivity index (χ2v) is 5.66. The van der Waals surface area contributed by atoms with Gasteiger partial charge in [0.05, 0.1) is 29.9 Å². The highest BCUT2D eigenvalue weighted by Crippen LogP contribution is 2.36. The molecule has 0 saturated carbocycles. The van der Waals surface area contributed by atoms with E-state index in [1.54, 1.807) is 17.5 Å². The van der Waals surface area contributed by atoms with Crippen molar-refractivity contribution in [1.29, 1.82) is 0 Å². The molecule has 1 amide bonds. The molecule has 0 radical (unpaired) electrons. The Morgan fingerprint density at radius 2 is 2.09 bits per heavy atom. The van der Waals surface area contributed by atoms with Gasteiger partial charge in [0.2, 0.25) is 0 Å². The lowest BCUT2D eigenvalue weighted by molar-refractivity contribution is 0.102. The number of nitrogens with one attached hydrogen (secondary N) is 1. The van der Waals surface area contributed by atoms with Crippen LogP contribution < -0.4 is 20.5 Å². The summed E-state index contributed by atoms with van der Waals surface area (Å²) in [6, 6.07) is 3.18. The van der Waals surface area contributed by atoms with Crippen LogP contribution in [0.4, 0.5) is 5.69 Å². The molecule has 1 aromatic carbocycles. The number of rotatable bonds is 6. The van der Waals surface area contributed by atoms with Gasteiger partial charge >= 0.3 is 0 Å². The number of anilines is 1. The summed E-state index contributed by atoms with van der Waals surface area (Å²) in [6.45, 7) is 0.497. The van der Waals surface area contributed by atoms with Crippen molar-refractivity contribution in [3.63, 3.8) is 0 Å². The minimum absolute atomic E-state index is 0.334. The Morgan fingerprint density at radius 1 is 1.36 bits per heavy atom. The number of methoxy groups -OCH3 is 2. The monoisotopic (exact) mass is 341 g/mol. The predicted molar refractivity (Wildman–Crippen MR) is 87.4 cm³/mol. The maximum absolute atomic E-state index is 12.2. The van der Waals surface area contributed by atoms with Gasteiger partial charge in [0.25, 0.3) is 5.91 Å². The minimum Gasteiger partial charge on any atom is -0.495 e. The van der Waals surface area contributed by atoms with Crippen molar-refractivity contribution in [3.8, 4) is 11.5 Å². The van der Waals surface area contributed by atoms with Crippen LogP contribution in [0.15, 0.2) is 17.5 Å². The lowest BCUT2D eigenvalue weighted by Crippen LogP contribution is -2.13. The molecule has 22 heavy (non-hydrogen) atoms. The van der Waals surface area contributed by atoms with Crippen molar-refractivity contribution in [1.82, 2.24) is 4.98 Å². The van der Waals surface area contributed by atoms with E-state index in [2.05, 4.69) is 10.3 Å². The normalized spacial score (nSPS) is 10.4. The Labute approximate surface area is 137 Å². The third-order valence-corrected chi connectivity index (χ3v) is 4.07. The Bertz CT molecular complexity index is 675. The smallest absolute Gasteiger partial charge is 0.275 e. The van der Waals surface area contributed by atoms with Crippen LogP contribution in [0, 0.1) is 0 Å². The third kappa shape index (κ3) is 3.68. The number of carbonyl (C=O) groups excluding carboxylic acids is 1. The fourth-order valence-electron chi connectivity index (χ4n) is 1.80. The molecule has 0 aliphatic rings. The molecule has 118 valence electrons. The van der Waals surface area contributed by atoms with E-state index in [-0.39, 0.29) is 5.91 Å². The Kier molecular flexibility index (Phi) is 5.59. The highest BCUT2D eigenvalue weighted by molar-refractivity contribution is 7.09. The number of nitrogens with zero attached hydrogens (tertiary/aromatic N) is 1. The molecule has 6 nitrogen and oxygen atoms in total. The summed E-state index contributed by atoms with van der Waals surface area (Å²) in [5, 5.41) is 5.63. The summed E-state index contributed by atoms with van der Waals surface area (Å²) in [7, 11) is 3.01. The first-order valence-corrected chi connectivity index (χ1v) is 7.72. The molecule has 0 bridgehead atoms. The van der Waals surface area contributed by atoms with E-state index >= 15 is 0 Å². The molecule has 0 atom stereocenters. The zero-order chi connectivity index (χ0) is 16.1. The molecular formula is C14H16ClN3O3S. The lowest BCUT2D eigenvalue weighted by atomic mass is 10.2. The summed E-state index contributed by atoms with van der Waals surface area (Å²) in [6.07, 6.45) is 0.648. The molecule has 0 unspecified atom stereocenters. The van der Waals surface area contributed by atoms with E-state index in [0.29, 0.717) is 40.9 Å². The van der Waals surface area contributed by atoms with Crippen molar-refractivity contribution in [2.75, 3.05) is 26.1 Å². The van der Waals surface area contributed by atoms with Gasteiger partial charge in [-0.1, -0.05) is 11.6 Å². The van der Waals surface area contributed by atoms with Crippen LogP contribution in [0.2, 0.25) is 5.02 Å². The standard InChI is InChI=1S/C14H16ClN3O3S/c1-20-11-6-12(21-2)9(5-8(11)15)18-14(19)10-7-22-13(17-10)3-4-16/h5-7H,3-4,16H2,1-2H3,(H,18,19). The van der Waals surface area contributed by atoms with E-state index in [9.17, 15) is 4.79 Å². The second kappa shape index (κ2) is 7.44. The number of aromatic nitrogens is 1.